The number of rotatable bonds is 8. The standard InChI is InChI=1S/C24H39N3O2S/c1-7-9-12-25-23-26-20-16(4)19-21(28)17(15(3)22(29)27(6)13-8-2)10-11-24(19,5)14-18(20)30-23/h8,15-17,19,21,28H,2,7,9-14H2,1,3-6H3,(H,25,26)/t15-,16-,17+,19+,21-,24-/m0/s1. The molecular formula is C24H39N3O2S. The lowest BCUT2D eigenvalue weighted by Crippen LogP contribution is -2.53. The first-order valence-corrected chi connectivity index (χ1v) is 12.3. The number of hydrogen-bond acceptors (Lipinski definition) is 5. The van der Waals surface area contributed by atoms with Gasteiger partial charge in [-0.1, -0.05) is 40.2 Å². The topological polar surface area (TPSA) is 65.5 Å². The Balaban J connectivity index is 1.80. The second kappa shape index (κ2) is 9.39. The van der Waals surface area contributed by atoms with Crippen molar-refractivity contribution in [2.24, 2.45) is 23.2 Å². The van der Waals surface area contributed by atoms with Crippen LogP contribution in [0.3, 0.4) is 0 Å². The molecule has 3 rings (SSSR count). The van der Waals surface area contributed by atoms with Crippen LogP contribution in [0.5, 0.6) is 0 Å². The Labute approximate surface area is 186 Å². The monoisotopic (exact) mass is 433 g/mol. The SMILES string of the molecule is C=CCN(C)C(=O)[C@@H](C)[C@H]1CC[C@@]2(C)Cc3sc(NCCCC)nc3[C@@H](C)[C@@H]2[C@H]1O. The van der Waals surface area contributed by atoms with E-state index in [9.17, 15) is 9.90 Å². The number of aromatic nitrogens is 1. The number of aliphatic hydroxyl groups excluding tert-OH is 1. The van der Waals surface area contributed by atoms with Crippen LogP contribution in [0.25, 0.3) is 0 Å². The molecular weight excluding hydrogens is 394 g/mol. The molecule has 0 saturated heterocycles. The summed E-state index contributed by atoms with van der Waals surface area (Å²) >= 11 is 1.79. The molecule has 2 N–H and O–H groups in total. The maximum absolute atomic E-state index is 12.9. The third-order valence-corrected chi connectivity index (χ3v) is 8.57. The van der Waals surface area contributed by atoms with Gasteiger partial charge in [-0.25, -0.2) is 4.98 Å². The van der Waals surface area contributed by atoms with Gasteiger partial charge in [-0.3, -0.25) is 4.79 Å². The van der Waals surface area contributed by atoms with E-state index in [1.54, 1.807) is 22.3 Å². The third-order valence-electron chi connectivity index (χ3n) is 7.54. The summed E-state index contributed by atoms with van der Waals surface area (Å²) in [5.41, 5.74) is 1.22. The zero-order valence-corrected chi connectivity index (χ0v) is 20.1. The minimum Gasteiger partial charge on any atom is -0.392 e. The number of fused-ring (bicyclic) bond motifs is 2. The molecule has 0 unspecified atom stereocenters. The number of likely N-dealkylation sites (N-methyl/N-ethyl adjacent to an activating group) is 1. The van der Waals surface area contributed by atoms with Crippen LogP contribution in [-0.4, -0.2) is 47.1 Å². The fourth-order valence-corrected chi connectivity index (χ4v) is 7.10. The van der Waals surface area contributed by atoms with Crippen molar-refractivity contribution in [3.05, 3.63) is 23.2 Å². The third kappa shape index (κ3) is 4.31. The summed E-state index contributed by atoms with van der Waals surface area (Å²) < 4.78 is 0. The van der Waals surface area contributed by atoms with Gasteiger partial charge in [-0.2, -0.15) is 0 Å². The Morgan fingerprint density at radius 2 is 2.27 bits per heavy atom. The number of carbonyl (C=O) groups excluding carboxylic acids is 1. The number of nitrogens with zero attached hydrogens (tertiary/aromatic N) is 2. The van der Waals surface area contributed by atoms with Crippen molar-refractivity contribution >= 4 is 22.4 Å². The zero-order chi connectivity index (χ0) is 22.1. The molecule has 1 aromatic heterocycles. The number of aliphatic hydroxyl groups is 1. The van der Waals surface area contributed by atoms with Gasteiger partial charge in [0, 0.05) is 36.9 Å². The molecule has 30 heavy (non-hydrogen) atoms. The highest BCUT2D eigenvalue weighted by Crippen LogP contribution is 2.57. The van der Waals surface area contributed by atoms with E-state index in [1.165, 1.54) is 11.3 Å². The predicted octanol–water partition coefficient (Wildman–Crippen LogP) is 4.69. The summed E-state index contributed by atoms with van der Waals surface area (Å²) in [4.78, 5) is 20.9. The Hall–Kier alpha value is -1.40. The van der Waals surface area contributed by atoms with Crippen LogP contribution in [0.4, 0.5) is 5.13 Å². The number of amides is 1. The van der Waals surface area contributed by atoms with E-state index in [0.717, 1.165) is 43.1 Å². The molecule has 1 aromatic rings. The van der Waals surface area contributed by atoms with Crippen LogP contribution in [0.1, 0.15) is 69.9 Å². The molecule has 168 valence electrons. The average molecular weight is 434 g/mol. The number of carbonyl (C=O) groups is 1. The molecule has 0 aromatic carbocycles. The van der Waals surface area contributed by atoms with Crippen LogP contribution < -0.4 is 5.32 Å². The fourth-order valence-electron chi connectivity index (χ4n) is 5.81. The number of thiazole rings is 1. The molecule has 2 aliphatic rings. The van der Waals surface area contributed by atoms with E-state index < -0.39 is 6.10 Å². The summed E-state index contributed by atoms with van der Waals surface area (Å²) in [6, 6.07) is 0. The Morgan fingerprint density at radius 1 is 1.53 bits per heavy atom. The van der Waals surface area contributed by atoms with Crippen molar-refractivity contribution in [2.75, 3.05) is 25.5 Å². The molecule has 0 radical (unpaired) electrons. The van der Waals surface area contributed by atoms with Crippen LogP contribution in [-0.2, 0) is 11.2 Å². The molecule has 1 saturated carbocycles. The van der Waals surface area contributed by atoms with E-state index in [2.05, 4.69) is 32.7 Å². The summed E-state index contributed by atoms with van der Waals surface area (Å²) in [6.45, 7) is 14.0. The molecule has 1 amide bonds. The normalized spacial score (nSPS) is 31.4. The van der Waals surface area contributed by atoms with Gasteiger partial charge in [0.2, 0.25) is 5.91 Å². The molecule has 1 heterocycles. The lowest BCUT2D eigenvalue weighted by molar-refractivity contribution is -0.143. The van der Waals surface area contributed by atoms with Crippen molar-refractivity contribution in [3.63, 3.8) is 0 Å². The second-order valence-corrected chi connectivity index (χ2v) is 10.8. The summed E-state index contributed by atoms with van der Waals surface area (Å²) in [5.74, 6) is 0.234. The second-order valence-electron chi connectivity index (χ2n) is 9.74. The highest BCUT2D eigenvalue weighted by molar-refractivity contribution is 7.15. The number of hydrogen-bond donors (Lipinski definition) is 2. The predicted molar refractivity (Wildman–Crippen MR) is 125 cm³/mol. The van der Waals surface area contributed by atoms with Gasteiger partial charge < -0.3 is 15.3 Å². The summed E-state index contributed by atoms with van der Waals surface area (Å²) in [7, 11) is 1.82. The van der Waals surface area contributed by atoms with Crippen LogP contribution in [0.15, 0.2) is 12.7 Å². The molecule has 1 fully saturated rings. The van der Waals surface area contributed by atoms with E-state index >= 15 is 0 Å². The summed E-state index contributed by atoms with van der Waals surface area (Å²) in [6.07, 6.45) is 6.49. The molecule has 2 aliphatic carbocycles. The lowest BCUT2D eigenvalue weighted by Gasteiger charge is -2.53. The van der Waals surface area contributed by atoms with Gasteiger partial charge in [0.05, 0.1) is 11.8 Å². The van der Waals surface area contributed by atoms with Crippen molar-refractivity contribution in [1.29, 1.82) is 0 Å². The van der Waals surface area contributed by atoms with Crippen molar-refractivity contribution in [3.8, 4) is 0 Å². The van der Waals surface area contributed by atoms with Gasteiger partial charge in [-0.05, 0) is 42.9 Å². The van der Waals surface area contributed by atoms with Crippen LogP contribution in [0, 0.1) is 23.2 Å². The minimum absolute atomic E-state index is 0.00683. The van der Waals surface area contributed by atoms with Gasteiger partial charge in [-0.15, -0.1) is 17.9 Å². The van der Waals surface area contributed by atoms with E-state index in [0.29, 0.717) is 6.54 Å². The molecule has 0 bridgehead atoms. The Morgan fingerprint density at radius 3 is 2.93 bits per heavy atom. The lowest BCUT2D eigenvalue weighted by atomic mass is 9.53. The zero-order valence-electron chi connectivity index (χ0n) is 19.3. The van der Waals surface area contributed by atoms with Gasteiger partial charge in [0.25, 0.3) is 0 Å². The summed E-state index contributed by atoms with van der Waals surface area (Å²) in [5, 5.41) is 16.0. The average Bonchev–Trinajstić information content (AvgIpc) is 3.09. The molecule has 0 aliphatic heterocycles. The van der Waals surface area contributed by atoms with E-state index in [4.69, 9.17) is 4.98 Å². The van der Waals surface area contributed by atoms with Crippen molar-refractivity contribution in [1.82, 2.24) is 9.88 Å². The minimum atomic E-state index is -0.485. The molecule has 5 nitrogen and oxygen atoms in total. The van der Waals surface area contributed by atoms with Crippen LogP contribution >= 0.6 is 11.3 Å². The highest BCUT2D eigenvalue weighted by Gasteiger charge is 2.54. The smallest absolute Gasteiger partial charge is 0.225 e. The first-order valence-electron chi connectivity index (χ1n) is 11.5. The molecule has 6 atom stereocenters. The van der Waals surface area contributed by atoms with E-state index in [1.807, 2.05) is 14.0 Å². The number of nitrogens with one attached hydrogen (secondary N) is 1. The first-order chi connectivity index (χ1) is 14.2. The Bertz CT molecular complexity index is 764. The van der Waals surface area contributed by atoms with Crippen LogP contribution in [0.2, 0.25) is 0 Å². The van der Waals surface area contributed by atoms with Gasteiger partial charge in [0.15, 0.2) is 5.13 Å². The quantitative estimate of drug-likeness (QED) is 0.461. The first kappa shape index (κ1) is 23.3. The largest absolute Gasteiger partial charge is 0.392 e. The number of anilines is 1. The van der Waals surface area contributed by atoms with Crippen molar-refractivity contribution in [2.45, 2.75) is 71.8 Å². The van der Waals surface area contributed by atoms with Gasteiger partial charge >= 0.3 is 0 Å². The van der Waals surface area contributed by atoms with Gasteiger partial charge in [0.1, 0.15) is 0 Å². The Kier molecular flexibility index (Phi) is 7.28. The maximum Gasteiger partial charge on any atom is 0.225 e. The van der Waals surface area contributed by atoms with Crippen molar-refractivity contribution < 1.29 is 9.90 Å². The highest BCUT2D eigenvalue weighted by atomic mass is 32.1. The molecule has 6 heteroatoms. The molecule has 0 spiro atoms. The maximum atomic E-state index is 12.9. The fraction of sp³-hybridized carbons (Fsp3) is 0.750. The van der Waals surface area contributed by atoms with E-state index in [-0.39, 0.29) is 35.0 Å². The number of unbranched alkanes of at least 4 members (excludes halogenated alkanes) is 1.